The summed E-state index contributed by atoms with van der Waals surface area (Å²) in [7, 11) is 0. The molecule has 106 valence electrons. The van der Waals surface area contributed by atoms with E-state index >= 15 is 0 Å². The largest absolute Gasteiger partial charge is 0.480 e. The van der Waals surface area contributed by atoms with Gasteiger partial charge in [-0.15, -0.1) is 0 Å². The Labute approximate surface area is 115 Å². The zero-order chi connectivity index (χ0) is 14.7. The summed E-state index contributed by atoms with van der Waals surface area (Å²) in [6.45, 7) is -0.129. The van der Waals surface area contributed by atoms with E-state index in [9.17, 15) is 14.4 Å². The van der Waals surface area contributed by atoms with Crippen LogP contribution in [0.15, 0.2) is 24.3 Å². The van der Waals surface area contributed by atoms with Crippen molar-refractivity contribution in [3.8, 4) is 0 Å². The number of anilines is 1. The minimum absolute atomic E-state index is 0.0574. The predicted octanol–water partition coefficient (Wildman–Crippen LogP) is -0.896. The molecule has 1 aliphatic rings. The molecule has 0 aliphatic carbocycles. The van der Waals surface area contributed by atoms with Crippen LogP contribution in [0.2, 0.25) is 0 Å². The summed E-state index contributed by atoms with van der Waals surface area (Å²) in [4.78, 5) is 35.5. The summed E-state index contributed by atoms with van der Waals surface area (Å²) in [5, 5.41) is 11.3. The molecule has 2 amide bonds. The van der Waals surface area contributed by atoms with E-state index in [1.807, 2.05) is 0 Å². The minimum atomic E-state index is -1.11. The Morgan fingerprint density at radius 1 is 1.40 bits per heavy atom. The van der Waals surface area contributed by atoms with Gasteiger partial charge in [-0.2, -0.15) is 0 Å². The molecule has 1 unspecified atom stereocenters. The summed E-state index contributed by atoms with van der Waals surface area (Å²) in [6.07, 6.45) is 0.0942. The van der Waals surface area contributed by atoms with Gasteiger partial charge in [0.15, 0.2) is 0 Å². The Kier molecular flexibility index (Phi) is 3.99. The van der Waals surface area contributed by atoms with Crippen LogP contribution in [0.25, 0.3) is 0 Å². The monoisotopic (exact) mass is 277 g/mol. The zero-order valence-electron chi connectivity index (χ0n) is 10.7. The molecular weight excluding hydrogens is 262 g/mol. The number of para-hydroxylation sites is 1. The van der Waals surface area contributed by atoms with Gasteiger partial charge in [-0.25, -0.2) is 0 Å². The normalized spacial score (nSPS) is 16.8. The smallest absolute Gasteiger partial charge is 0.320 e. The second-order valence-electron chi connectivity index (χ2n) is 4.53. The lowest BCUT2D eigenvalue weighted by Crippen LogP contribution is -2.52. The fourth-order valence-electron chi connectivity index (χ4n) is 2.05. The van der Waals surface area contributed by atoms with Crippen LogP contribution in [-0.2, 0) is 20.8 Å². The molecule has 0 aromatic heterocycles. The van der Waals surface area contributed by atoms with Crippen molar-refractivity contribution in [3.63, 3.8) is 0 Å². The highest BCUT2D eigenvalue weighted by atomic mass is 16.4. The van der Waals surface area contributed by atoms with Crippen molar-refractivity contribution in [3.05, 3.63) is 29.8 Å². The molecule has 1 aromatic rings. The van der Waals surface area contributed by atoms with E-state index in [0.29, 0.717) is 11.3 Å². The zero-order valence-corrected chi connectivity index (χ0v) is 10.7. The summed E-state index contributed by atoms with van der Waals surface area (Å²) >= 11 is 0. The van der Waals surface area contributed by atoms with Crippen molar-refractivity contribution in [1.29, 1.82) is 0 Å². The maximum atomic E-state index is 11.9. The molecule has 1 heterocycles. The first-order valence-electron chi connectivity index (χ1n) is 6.12. The van der Waals surface area contributed by atoms with Crippen molar-refractivity contribution in [2.75, 3.05) is 18.0 Å². The van der Waals surface area contributed by atoms with Crippen LogP contribution < -0.4 is 16.0 Å². The van der Waals surface area contributed by atoms with Gasteiger partial charge in [-0.3, -0.25) is 14.4 Å². The van der Waals surface area contributed by atoms with Crippen molar-refractivity contribution >= 4 is 23.5 Å². The maximum absolute atomic E-state index is 11.9. The number of carbonyl (C=O) groups is 3. The molecule has 2 rings (SSSR count). The molecule has 20 heavy (non-hydrogen) atoms. The first kappa shape index (κ1) is 14.0. The molecule has 1 fully saturated rings. The van der Waals surface area contributed by atoms with Crippen LogP contribution in [0.1, 0.15) is 5.56 Å². The van der Waals surface area contributed by atoms with E-state index in [1.165, 1.54) is 4.90 Å². The number of aliphatic carboxylic acids is 1. The number of nitrogens with two attached hydrogens (primary N) is 1. The van der Waals surface area contributed by atoms with Gasteiger partial charge in [0, 0.05) is 12.1 Å². The molecule has 4 N–H and O–H groups in total. The van der Waals surface area contributed by atoms with Crippen LogP contribution in [0.3, 0.4) is 0 Å². The molecule has 1 saturated heterocycles. The molecule has 1 aliphatic heterocycles. The average Bonchev–Trinajstić information content (AvgIpc) is 2.42. The molecule has 1 aromatic carbocycles. The average molecular weight is 277 g/mol. The third-order valence-corrected chi connectivity index (χ3v) is 3.08. The van der Waals surface area contributed by atoms with E-state index in [2.05, 4.69) is 5.32 Å². The quantitative estimate of drug-likeness (QED) is 0.660. The van der Waals surface area contributed by atoms with Crippen molar-refractivity contribution in [1.82, 2.24) is 5.32 Å². The molecule has 0 saturated carbocycles. The number of hydrogen-bond donors (Lipinski definition) is 3. The number of carboxylic acids is 1. The number of nitrogens with one attached hydrogen (secondary N) is 1. The number of piperazine rings is 1. The van der Waals surface area contributed by atoms with Gasteiger partial charge in [0.1, 0.15) is 12.6 Å². The number of carboxylic acid groups (broad SMARTS) is 1. The van der Waals surface area contributed by atoms with Crippen molar-refractivity contribution in [2.24, 2.45) is 5.73 Å². The van der Waals surface area contributed by atoms with E-state index < -0.39 is 12.0 Å². The Morgan fingerprint density at radius 3 is 2.80 bits per heavy atom. The highest BCUT2D eigenvalue weighted by molar-refractivity contribution is 6.05. The Balaban J connectivity index is 2.29. The first-order chi connectivity index (χ1) is 9.49. The fourth-order valence-corrected chi connectivity index (χ4v) is 2.05. The van der Waals surface area contributed by atoms with Crippen LogP contribution in [0.4, 0.5) is 5.69 Å². The number of hydrogen-bond acceptors (Lipinski definition) is 4. The van der Waals surface area contributed by atoms with Gasteiger partial charge in [0.05, 0.1) is 6.54 Å². The second-order valence-corrected chi connectivity index (χ2v) is 4.53. The van der Waals surface area contributed by atoms with Gasteiger partial charge in [0.25, 0.3) is 0 Å². The van der Waals surface area contributed by atoms with E-state index in [0.717, 1.165) is 0 Å². The third-order valence-electron chi connectivity index (χ3n) is 3.08. The highest BCUT2D eigenvalue weighted by Gasteiger charge is 2.26. The number of carbonyl (C=O) groups excluding carboxylic acids is 2. The Bertz CT molecular complexity index is 558. The van der Waals surface area contributed by atoms with Crippen LogP contribution in [-0.4, -0.2) is 42.0 Å². The van der Waals surface area contributed by atoms with E-state index in [-0.39, 0.29) is 31.3 Å². The number of nitrogens with zero attached hydrogens (tertiary/aromatic N) is 1. The molecule has 7 nitrogen and oxygen atoms in total. The lowest BCUT2D eigenvalue weighted by molar-refractivity contribution is -0.138. The van der Waals surface area contributed by atoms with Gasteiger partial charge in [-0.1, -0.05) is 18.2 Å². The maximum Gasteiger partial charge on any atom is 0.320 e. The second kappa shape index (κ2) is 5.70. The predicted molar refractivity (Wildman–Crippen MR) is 71.1 cm³/mol. The van der Waals surface area contributed by atoms with E-state index in [4.69, 9.17) is 10.8 Å². The summed E-state index contributed by atoms with van der Waals surface area (Å²) in [6, 6.07) is 5.80. The lowest BCUT2D eigenvalue weighted by atomic mass is 10.0. The third kappa shape index (κ3) is 2.94. The summed E-state index contributed by atoms with van der Waals surface area (Å²) in [5.74, 6) is -1.59. The molecule has 0 bridgehead atoms. The molecule has 7 heteroatoms. The van der Waals surface area contributed by atoms with Crippen molar-refractivity contribution in [2.45, 2.75) is 12.5 Å². The standard InChI is InChI=1S/C13H15N3O4/c14-9(13(19)20)5-8-3-1-2-4-10(8)16-7-11(17)15-6-12(16)18/h1-4,9H,5-7,14H2,(H,15,17)(H,19,20). The van der Waals surface area contributed by atoms with Gasteiger partial charge < -0.3 is 21.1 Å². The number of rotatable bonds is 4. The molecule has 0 radical (unpaired) electrons. The SMILES string of the molecule is NC(Cc1ccccc1N1CC(=O)NCC1=O)C(=O)O. The lowest BCUT2D eigenvalue weighted by Gasteiger charge is -2.28. The number of benzene rings is 1. The molecule has 1 atom stereocenters. The van der Waals surface area contributed by atoms with Crippen molar-refractivity contribution < 1.29 is 19.5 Å². The highest BCUT2D eigenvalue weighted by Crippen LogP contribution is 2.22. The van der Waals surface area contributed by atoms with Crippen LogP contribution in [0.5, 0.6) is 0 Å². The van der Waals surface area contributed by atoms with Gasteiger partial charge in [-0.05, 0) is 11.6 Å². The van der Waals surface area contributed by atoms with Crippen LogP contribution >= 0.6 is 0 Å². The Hall–Kier alpha value is -2.41. The Morgan fingerprint density at radius 2 is 2.10 bits per heavy atom. The van der Waals surface area contributed by atoms with Gasteiger partial charge in [0.2, 0.25) is 11.8 Å². The minimum Gasteiger partial charge on any atom is -0.480 e. The van der Waals surface area contributed by atoms with Gasteiger partial charge >= 0.3 is 5.97 Å². The summed E-state index contributed by atoms with van der Waals surface area (Å²) in [5.41, 5.74) is 6.69. The topological polar surface area (TPSA) is 113 Å². The fraction of sp³-hybridized carbons (Fsp3) is 0.308. The van der Waals surface area contributed by atoms with Crippen LogP contribution in [0, 0.1) is 0 Å². The number of amides is 2. The first-order valence-corrected chi connectivity index (χ1v) is 6.12. The molecular formula is C13H15N3O4. The van der Waals surface area contributed by atoms with E-state index in [1.54, 1.807) is 24.3 Å². The molecule has 0 spiro atoms. The summed E-state index contributed by atoms with van der Waals surface area (Å²) < 4.78 is 0.